The molecule has 10 nitrogen and oxygen atoms in total. The largest absolute Gasteiger partial charge is 0.416 e. The highest BCUT2D eigenvalue weighted by Gasteiger charge is 2.31. The van der Waals surface area contributed by atoms with Crippen molar-refractivity contribution < 1.29 is 22.7 Å². The summed E-state index contributed by atoms with van der Waals surface area (Å²) in [6.07, 6.45) is -1.41. The Kier molecular flexibility index (Phi) is 9.21. The third-order valence-electron chi connectivity index (χ3n) is 7.02. The average Bonchev–Trinajstić information content (AvgIpc) is 3.27. The highest BCUT2D eigenvalue weighted by atomic mass is 19.4. The van der Waals surface area contributed by atoms with Gasteiger partial charge in [-0.2, -0.15) is 18.3 Å². The van der Waals surface area contributed by atoms with Gasteiger partial charge in [0.25, 0.3) is 5.91 Å². The molecule has 0 bridgehead atoms. The summed E-state index contributed by atoms with van der Waals surface area (Å²) in [6.45, 7) is 7.72. The summed E-state index contributed by atoms with van der Waals surface area (Å²) in [7, 11) is 1.80. The predicted molar refractivity (Wildman–Crippen MR) is 153 cm³/mol. The number of carbonyl (C=O) groups excluding carboxylic acids is 1. The standard InChI is InChI=1S/C28H35F3N8O2/c1-18-4-5-20(14-26(18)39(33)17-23(32)22-16-35-37(3)19(22)2)27(40)36-25-15-21(28(29,30)31)6-7-24(25)34-8-9-38-10-12-41-13-11-38/h4-7,14-17,34H,8-13,32-33H2,1-3H3,(H,36,40)/b23-17-. The molecule has 41 heavy (non-hydrogen) atoms. The molecule has 1 saturated heterocycles. The molecule has 6 N–H and O–H groups in total. The zero-order chi connectivity index (χ0) is 29.7. The number of nitrogens with one attached hydrogen (secondary N) is 2. The van der Waals surface area contributed by atoms with E-state index in [1.165, 1.54) is 17.3 Å². The number of ether oxygens (including phenoxy) is 1. The van der Waals surface area contributed by atoms with Gasteiger partial charge in [-0.25, -0.2) is 5.84 Å². The molecule has 2 heterocycles. The molecule has 1 aromatic heterocycles. The number of hydrogen-bond donors (Lipinski definition) is 4. The number of alkyl halides is 3. The Morgan fingerprint density at radius 2 is 1.88 bits per heavy atom. The quantitative estimate of drug-likeness (QED) is 0.226. The Morgan fingerprint density at radius 3 is 2.54 bits per heavy atom. The number of morpholine rings is 1. The fourth-order valence-corrected chi connectivity index (χ4v) is 4.45. The van der Waals surface area contributed by atoms with E-state index in [0.717, 1.165) is 36.5 Å². The Labute approximate surface area is 236 Å². The van der Waals surface area contributed by atoms with Gasteiger partial charge in [-0.15, -0.1) is 0 Å². The van der Waals surface area contributed by atoms with E-state index in [1.807, 2.05) is 13.8 Å². The lowest BCUT2D eigenvalue weighted by atomic mass is 10.1. The zero-order valence-electron chi connectivity index (χ0n) is 23.3. The lowest BCUT2D eigenvalue weighted by Gasteiger charge is -2.27. The average molecular weight is 573 g/mol. The monoisotopic (exact) mass is 572 g/mol. The van der Waals surface area contributed by atoms with Gasteiger partial charge < -0.3 is 21.1 Å². The summed E-state index contributed by atoms with van der Waals surface area (Å²) < 4.78 is 47.5. The van der Waals surface area contributed by atoms with Gasteiger partial charge >= 0.3 is 6.18 Å². The van der Waals surface area contributed by atoms with Crippen molar-refractivity contribution in [2.24, 2.45) is 18.6 Å². The van der Waals surface area contributed by atoms with Gasteiger partial charge in [0.05, 0.1) is 47.7 Å². The van der Waals surface area contributed by atoms with Crippen LogP contribution in [-0.4, -0.2) is 60.0 Å². The molecular formula is C28H35F3N8O2. The number of nitrogens with zero attached hydrogens (tertiary/aromatic N) is 4. The van der Waals surface area contributed by atoms with Crippen molar-refractivity contribution in [2.75, 3.05) is 55.0 Å². The van der Waals surface area contributed by atoms with E-state index in [0.29, 0.717) is 48.9 Å². The molecule has 1 aliphatic heterocycles. The van der Waals surface area contributed by atoms with Crippen molar-refractivity contribution in [1.29, 1.82) is 0 Å². The van der Waals surface area contributed by atoms with Gasteiger partial charge in [0.15, 0.2) is 0 Å². The summed E-state index contributed by atoms with van der Waals surface area (Å²) >= 11 is 0. The smallest absolute Gasteiger partial charge is 0.397 e. The van der Waals surface area contributed by atoms with Gasteiger partial charge in [-0.3, -0.25) is 19.4 Å². The number of halogens is 3. The summed E-state index contributed by atoms with van der Waals surface area (Å²) in [6, 6.07) is 8.09. The van der Waals surface area contributed by atoms with Crippen molar-refractivity contribution in [3.63, 3.8) is 0 Å². The van der Waals surface area contributed by atoms with E-state index in [-0.39, 0.29) is 11.3 Å². The van der Waals surface area contributed by atoms with Crippen molar-refractivity contribution in [3.05, 3.63) is 76.7 Å². The number of carbonyl (C=O) groups is 1. The van der Waals surface area contributed by atoms with Crippen LogP contribution in [0.1, 0.15) is 32.7 Å². The molecular weight excluding hydrogens is 537 g/mol. The van der Waals surface area contributed by atoms with Crippen molar-refractivity contribution in [2.45, 2.75) is 20.0 Å². The number of nitrogens with two attached hydrogens (primary N) is 2. The molecule has 0 radical (unpaired) electrons. The molecule has 0 unspecified atom stereocenters. The lowest BCUT2D eigenvalue weighted by Crippen LogP contribution is -2.39. The number of aryl methyl sites for hydroxylation is 2. The minimum absolute atomic E-state index is 0.0229. The van der Waals surface area contributed by atoms with Gasteiger partial charge in [0.1, 0.15) is 0 Å². The minimum atomic E-state index is -4.57. The van der Waals surface area contributed by atoms with Crippen LogP contribution in [0, 0.1) is 13.8 Å². The SMILES string of the molecule is Cc1ccc(C(=O)Nc2cc(C(F)(F)F)ccc2NCCN2CCOCC2)cc1N(N)/C=C(\N)c1cnn(C)c1C. The van der Waals surface area contributed by atoms with Gasteiger partial charge in [-0.05, 0) is 49.7 Å². The van der Waals surface area contributed by atoms with Crippen LogP contribution in [0.5, 0.6) is 0 Å². The topological polar surface area (TPSA) is 127 Å². The molecule has 13 heteroatoms. The lowest BCUT2D eigenvalue weighted by molar-refractivity contribution is -0.137. The number of hydrogen-bond acceptors (Lipinski definition) is 8. The second-order valence-corrected chi connectivity index (χ2v) is 9.85. The van der Waals surface area contributed by atoms with Gasteiger partial charge in [0.2, 0.25) is 0 Å². The van der Waals surface area contributed by atoms with E-state index >= 15 is 0 Å². The third-order valence-corrected chi connectivity index (χ3v) is 7.02. The first-order valence-electron chi connectivity index (χ1n) is 13.1. The van der Waals surface area contributed by atoms with Crippen LogP contribution in [0.3, 0.4) is 0 Å². The van der Waals surface area contributed by atoms with Crippen LogP contribution in [0.25, 0.3) is 5.70 Å². The number of amides is 1. The normalized spacial score (nSPS) is 14.7. The van der Waals surface area contributed by atoms with Crippen molar-refractivity contribution >= 4 is 28.7 Å². The Balaban J connectivity index is 1.54. The molecule has 220 valence electrons. The number of hydrazine groups is 1. The van der Waals surface area contributed by atoms with Crippen LogP contribution < -0.4 is 27.2 Å². The Morgan fingerprint density at radius 1 is 1.15 bits per heavy atom. The van der Waals surface area contributed by atoms with Crippen LogP contribution in [0.4, 0.5) is 30.2 Å². The number of anilines is 3. The molecule has 4 rings (SSSR count). The fraction of sp³-hybridized carbons (Fsp3) is 0.357. The third kappa shape index (κ3) is 7.37. The molecule has 3 aromatic rings. The van der Waals surface area contributed by atoms with Crippen LogP contribution in [0.2, 0.25) is 0 Å². The van der Waals surface area contributed by atoms with Gasteiger partial charge in [-0.1, -0.05) is 6.07 Å². The van der Waals surface area contributed by atoms with Crippen LogP contribution in [-0.2, 0) is 18.0 Å². The minimum Gasteiger partial charge on any atom is -0.397 e. The first kappa shape index (κ1) is 29.9. The molecule has 0 atom stereocenters. The Bertz CT molecular complexity index is 1410. The first-order chi connectivity index (χ1) is 19.4. The van der Waals surface area contributed by atoms with Crippen molar-refractivity contribution in [3.8, 4) is 0 Å². The van der Waals surface area contributed by atoms with Crippen LogP contribution >= 0.6 is 0 Å². The molecule has 1 fully saturated rings. The number of benzene rings is 2. The van der Waals surface area contributed by atoms with E-state index in [1.54, 1.807) is 36.1 Å². The molecule has 0 saturated carbocycles. The maximum absolute atomic E-state index is 13.5. The summed E-state index contributed by atoms with van der Waals surface area (Å²) in [5, 5.41) is 11.3. The van der Waals surface area contributed by atoms with Crippen LogP contribution in [0.15, 0.2) is 48.8 Å². The first-order valence-corrected chi connectivity index (χ1v) is 13.1. The van der Waals surface area contributed by atoms with E-state index < -0.39 is 17.6 Å². The Hall–Kier alpha value is -4.07. The molecule has 2 aromatic carbocycles. The maximum Gasteiger partial charge on any atom is 0.416 e. The highest BCUT2D eigenvalue weighted by molar-refractivity contribution is 6.06. The summed E-state index contributed by atoms with van der Waals surface area (Å²) in [5.74, 6) is 5.70. The molecule has 1 aliphatic rings. The summed E-state index contributed by atoms with van der Waals surface area (Å²) in [5.41, 5.74) is 9.21. The van der Waals surface area contributed by atoms with Gasteiger partial charge in [0, 0.05) is 56.2 Å². The number of aromatic nitrogens is 2. The predicted octanol–water partition coefficient (Wildman–Crippen LogP) is 3.69. The maximum atomic E-state index is 13.5. The summed E-state index contributed by atoms with van der Waals surface area (Å²) in [4.78, 5) is 15.5. The molecule has 1 amide bonds. The van der Waals surface area contributed by atoms with Crippen molar-refractivity contribution in [1.82, 2.24) is 14.7 Å². The molecule has 0 spiro atoms. The second kappa shape index (κ2) is 12.6. The number of rotatable bonds is 9. The van der Waals surface area contributed by atoms with E-state index in [9.17, 15) is 18.0 Å². The second-order valence-electron chi connectivity index (χ2n) is 9.85. The zero-order valence-corrected chi connectivity index (χ0v) is 23.3. The van der Waals surface area contributed by atoms with E-state index in [2.05, 4.69) is 20.6 Å². The highest BCUT2D eigenvalue weighted by Crippen LogP contribution is 2.34. The fourth-order valence-electron chi connectivity index (χ4n) is 4.45. The molecule has 0 aliphatic carbocycles. The van der Waals surface area contributed by atoms with E-state index in [4.69, 9.17) is 16.3 Å².